The summed E-state index contributed by atoms with van der Waals surface area (Å²) in [6, 6.07) is 0. The van der Waals surface area contributed by atoms with Gasteiger partial charge in [-0.05, 0) is 20.8 Å². The molecule has 0 aliphatic heterocycles. The number of nitrogens with zero attached hydrogens (tertiary/aromatic N) is 1. The lowest BCUT2D eigenvalue weighted by molar-refractivity contribution is -0.538. The van der Waals surface area contributed by atoms with Gasteiger partial charge in [-0.3, -0.25) is 0 Å². The van der Waals surface area contributed by atoms with Gasteiger partial charge in [0.25, 0.3) is 0 Å². The van der Waals surface area contributed by atoms with Crippen LogP contribution < -0.4 is 5.73 Å². The molecular formula is C11H23N2O+. The summed E-state index contributed by atoms with van der Waals surface area (Å²) in [7, 11) is 0. The summed E-state index contributed by atoms with van der Waals surface area (Å²) in [5.74, 6) is 0. The molecule has 0 fully saturated rings. The molecule has 0 unspecified atom stereocenters. The van der Waals surface area contributed by atoms with E-state index in [1.807, 2.05) is 25.3 Å². The molecule has 3 heteroatoms. The van der Waals surface area contributed by atoms with E-state index in [4.69, 9.17) is 10.5 Å². The van der Waals surface area contributed by atoms with Crippen LogP contribution in [0.15, 0.2) is 12.4 Å². The second kappa shape index (κ2) is 4.49. The number of hydrogen-bond donors (Lipinski definition) is 1. The van der Waals surface area contributed by atoms with Crippen molar-refractivity contribution in [2.24, 2.45) is 5.73 Å². The monoisotopic (exact) mass is 199 g/mol. The first-order valence-corrected chi connectivity index (χ1v) is 4.85. The van der Waals surface area contributed by atoms with Gasteiger partial charge in [-0.25, -0.2) is 0 Å². The highest BCUT2D eigenvalue weighted by Gasteiger charge is 2.23. The van der Waals surface area contributed by atoms with Crippen molar-refractivity contribution in [3.63, 3.8) is 0 Å². The summed E-state index contributed by atoms with van der Waals surface area (Å²) < 4.78 is 7.51. The van der Waals surface area contributed by atoms with Gasteiger partial charge in [-0.1, -0.05) is 0 Å². The molecule has 0 spiro atoms. The molecule has 0 aromatic rings. The van der Waals surface area contributed by atoms with Crippen molar-refractivity contribution < 1.29 is 9.31 Å². The third-order valence-corrected chi connectivity index (χ3v) is 1.54. The molecule has 0 aliphatic rings. The van der Waals surface area contributed by atoms with Crippen LogP contribution in [-0.4, -0.2) is 22.1 Å². The molecule has 82 valence electrons. The average Bonchev–Trinajstić information content (AvgIpc) is 1.93. The van der Waals surface area contributed by atoms with Crippen molar-refractivity contribution in [3.8, 4) is 0 Å². The predicted molar refractivity (Wildman–Crippen MR) is 60.2 cm³/mol. The largest absolute Gasteiger partial charge is 0.444 e. The third-order valence-electron chi connectivity index (χ3n) is 1.54. The van der Waals surface area contributed by atoms with Gasteiger partial charge >= 0.3 is 6.40 Å². The Morgan fingerprint density at radius 3 is 1.86 bits per heavy atom. The zero-order valence-electron chi connectivity index (χ0n) is 10.2. The van der Waals surface area contributed by atoms with Gasteiger partial charge in [-0.15, -0.1) is 0 Å². The van der Waals surface area contributed by atoms with Gasteiger partial charge in [0.05, 0.1) is 6.20 Å². The molecule has 0 atom stereocenters. The molecule has 3 nitrogen and oxygen atoms in total. The Bertz CT molecular complexity index is 229. The summed E-state index contributed by atoms with van der Waals surface area (Å²) in [4.78, 5) is 0. The van der Waals surface area contributed by atoms with E-state index in [0.717, 1.165) is 0 Å². The molecular weight excluding hydrogens is 176 g/mol. The van der Waals surface area contributed by atoms with E-state index < -0.39 is 0 Å². The van der Waals surface area contributed by atoms with E-state index in [-0.39, 0.29) is 11.1 Å². The minimum absolute atomic E-state index is 0.0267. The Morgan fingerprint density at radius 1 is 1.07 bits per heavy atom. The van der Waals surface area contributed by atoms with Crippen LogP contribution in [0.25, 0.3) is 0 Å². The molecule has 0 aromatic carbocycles. The number of rotatable bonds is 2. The van der Waals surface area contributed by atoms with E-state index in [0.29, 0.717) is 0 Å². The highest BCUT2D eigenvalue weighted by atomic mass is 16.5. The summed E-state index contributed by atoms with van der Waals surface area (Å²) in [5.41, 5.74) is 5.17. The van der Waals surface area contributed by atoms with Crippen molar-refractivity contribution in [1.29, 1.82) is 0 Å². The quantitative estimate of drug-likeness (QED) is 0.420. The van der Waals surface area contributed by atoms with Crippen LogP contribution in [0.5, 0.6) is 0 Å². The van der Waals surface area contributed by atoms with Crippen LogP contribution in [0, 0.1) is 0 Å². The van der Waals surface area contributed by atoms with Gasteiger partial charge in [-0.2, -0.15) is 4.58 Å². The van der Waals surface area contributed by atoms with Crippen LogP contribution in [0.1, 0.15) is 41.5 Å². The Kier molecular flexibility index (Phi) is 4.17. The fourth-order valence-electron chi connectivity index (χ4n) is 0.724. The minimum Gasteiger partial charge on any atom is -0.444 e. The van der Waals surface area contributed by atoms with Crippen molar-refractivity contribution in [3.05, 3.63) is 12.4 Å². The number of ether oxygens (including phenoxy) is 1. The van der Waals surface area contributed by atoms with E-state index in [1.165, 1.54) is 6.20 Å². The summed E-state index contributed by atoms with van der Waals surface area (Å²) in [6.45, 7) is 12.3. The van der Waals surface area contributed by atoms with Crippen LogP contribution in [0.4, 0.5) is 0 Å². The molecule has 2 N–H and O–H groups in total. The SMILES string of the molecule is CC(C)(C)OC=[N+](/C=C\N)C(C)(C)C. The Morgan fingerprint density at radius 2 is 1.57 bits per heavy atom. The summed E-state index contributed by atoms with van der Waals surface area (Å²) in [5, 5.41) is 0. The second-order valence-electron chi connectivity index (χ2n) is 5.26. The van der Waals surface area contributed by atoms with Crippen LogP contribution in [0.3, 0.4) is 0 Å². The van der Waals surface area contributed by atoms with Crippen molar-refractivity contribution in [2.75, 3.05) is 0 Å². The van der Waals surface area contributed by atoms with Gasteiger partial charge in [0.15, 0.2) is 11.7 Å². The molecule has 0 aliphatic carbocycles. The Balaban J connectivity index is 4.68. The van der Waals surface area contributed by atoms with E-state index in [1.54, 1.807) is 12.6 Å². The average molecular weight is 199 g/mol. The van der Waals surface area contributed by atoms with Crippen LogP contribution >= 0.6 is 0 Å². The zero-order valence-corrected chi connectivity index (χ0v) is 10.2. The first-order chi connectivity index (χ1) is 6.17. The fraction of sp³-hybridized carbons (Fsp3) is 0.727. The first-order valence-electron chi connectivity index (χ1n) is 4.85. The highest BCUT2D eigenvalue weighted by molar-refractivity contribution is 5.41. The van der Waals surface area contributed by atoms with E-state index in [9.17, 15) is 0 Å². The van der Waals surface area contributed by atoms with Crippen LogP contribution in [-0.2, 0) is 4.74 Å². The maximum absolute atomic E-state index is 5.56. The summed E-state index contributed by atoms with van der Waals surface area (Å²) >= 11 is 0. The van der Waals surface area contributed by atoms with Gasteiger partial charge in [0, 0.05) is 20.8 Å². The van der Waals surface area contributed by atoms with Crippen molar-refractivity contribution in [2.45, 2.75) is 52.7 Å². The number of nitrogens with two attached hydrogens (primary N) is 1. The molecule has 0 heterocycles. The molecule has 0 bridgehead atoms. The predicted octanol–water partition coefficient (Wildman–Crippen LogP) is 2.07. The second-order valence-corrected chi connectivity index (χ2v) is 5.26. The summed E-state index contributed by atoms with van der Waals surface area (Å²) in [6.07, 6.45) is 5.02. The first kappa shape index (κ1) is 13.0. The van der Waals surface area contributed by atoms with Crippen molar-refractivity contribution in [1.82, 2.24) is 0 Å². The normalized spacial score (nSPS) is 14.9. The van der Waals surface area contributed by atoms with Crippen LogP contribution in [0.2, 0.25) is 0 Å². The standard InChI is InChI=1S/C11H23N2O/c1-10(2,3)13(8-7-12)9-14-11(4,5)6/h7-9H,12H2,1-6H3/q+1/b8-7-,13-9?. The maximum atomic E-state index is 5.56. The third kappa shape index (κ3) is 5.62. The van der Waals surface area contributed by atoms with E-state index >= 15 is 0 Å². The Labute approximate surface area is 87.3 Å². The smallest absolute Gasteiger partial charge is 0.330 e. The lowest BCUT2D eigenvalue weighted by atomic mass is 10.1. The lowest BCUT2D eigenvalue weighted by Gasteiger charge is -2.19. The molecule has 0 saturated carbocycles. The van der Waals surface area contributed by atoms with Gasteiger partial charge < -0.3 is 10.5 Å². The van der Waals surface area contributed by atoms with E-state index in [2.05, 4.69) is 20.8 Å². The number of hydrogen-bond acceptors (Lipinski definition) is 2. The van der Waals surface area contributed by atoms with Gasteiger partial charge in [0.1, 0.15) is 5.60 Å². The minimum atomic E-state index is -0.175. The molecule has 0 rings (SSSR count). The van der Waals surface area contributed by atoms with Gasteiger partial charge in [0.2, 0.25) is 0 Å². The zero-order chi connectivity index (χ0) is 11.4. The molecule has 0 amide bonds. The Hall–Kier alpha value is -0.990. The maximum Gasteiger partial charge on any atom is 0.330 e. The molecule has 0 aromatic heterocycles. The molecule has 0 radical (unpaired) electrons. The highest BCUT2D eigenvalue weighted by Crippen LogP contribution is 2.09. The fourth-order valence-corrected chi connectivity index (χ4v) is 0.724. The molecule has 14 heavy (non-hydrogen) atoms. The van der Waals surface area contributed by atoms with Crippen molar-refractivity contribution >= 4 is 6.40 Å². The molecule has 0 saturated heterocycles. The lowest BCUT2D eigenvalue weighted by Crippen LogP contribution is -2.32. The topological polar surface area (TPSA) is 38.3 Å².